The van der Waals surface area contributed by atoms with Crippen molar-refractivity contribution in [1.82, 2.24) is 4.72 Å². The first-order valence-electron chi connectivity index (χ1n) is 6.34. The predicted octanol–water partition coefficient (Wildman–Crippen LogP) is 1.67. The highest BCUT2D eigenvalue weighted by Gasteiger charge is 2.36. The molecule has 2 rings (SSSR count). The summed E-state index contributed by atoms with van der Waals surface area (Å²) < 4.78 is 25.8. The van der Waals surface area contributed by atoms with Gasteiger partial charge in [0, 0.05) is 11.6 Å². The summed E-state index contributed by atoms with van der Waals surface area (Å²) in [4.78, 5) is 11.2. The molecule has 110 valence electrons. The van der Waals surface area contributed by atoms with Gasteiger partial charge in [-0.2, -0.15) is 0 Å². The van der Waals surface area contributed by atoms with Gasteiger partial charge in [-0.15, -0.1) is 0 Å². The number of benzene rings is 1. The van der Waals surface area contributed by atoms with Crippen molar-refractivity contribution in [2.75, 3.05) is 6.54 Å². The lowest BCUT2D eigenvalue weighted by atomic mass is 10.00. The smallest absolute Gasteiger partial charge is 0.308 e. The lowest BCUT2D eigenvalue weighted by Crippen LogP contribution is -2.35. The predicted molar refractivity (Wildman–Crippen MR) is 76.2 cm³/mol. The van der Waals surface area contributed by atoms with Crippen LogP contribution in [0.15, 0.2) is 24.3 Å². The quantitative estimate of drug-likeness (QED) is 0.801. The van der Waals surface area contributed by atoms with Crippen LogP contribution in [0.4, 0.5) is 0 Å². The summed E-state index contributed by atoms with van der Waals surface area (Å²) in [7, 11) is -3.35. The second-order valence-corrected chi connectivity index (χ2v) is 7.44. The Labute approximate surface area is 123 Å². The van der Waals surface area contributed by atoms with Crippen LogP contribution in [-0.4, -0.2) is 31.3 Å². The van der Waals surface area contributed by atoms with Crippen molar-refractivity contribution < 1.29 is 18.3 Å². The second-order valence-electron chi connectivity index (χ2n) is 4.96. The van der Waals surface area contributed by atoms with E-state index < -0.39 is 21.9 Å². The molecular weight excluding hydrogens is 302 g/mol. The molecule has 5 nitrogen and oxygen atoms in total. The summed E-state index contributed by atoms with van der Waals surface area (Å²) in [6, 6.07) is 6.86. The van der Waals surface area contributed by atoms with E-state index in [0.29, 0.717) is 17.9 Å². The van der Waals surface area contributed by atoms with Gasteiger partial charge < -0.3 is 5.11 Å². The Morgan fingerprint density at radius 3 is 2.45 bits per heavy atom. The number of sulfonamides is 1. The maximum absolute atomic E-state index is 11.7. The van der Waals surface area contributed by atoms with E-state index in [1.165, 1.54) is 0 Å². The van der Waals surface area contributed by atoms with Crippen LogP contribution >= 0.6 is 11.6 Å². The molecule has 1 fully saturated rings. The number of nitrogens with one attached hydrogen (secondary N) is 1. The van der Waals surface area contributed by atoms with Crippen molar-refractivity contribution in [3.05, 3.63) is 34.9 Å². The molecule has 1 aromatic carbocycles. The number of carboxylic acid groups (broad SMARTS) is 1. The number of aliphatic carboxylic acids is 1. The van der Waals surface area contributed by atoms with E-state index in [0.717, 1.165) is 5.56 Å². The van der Waals surface area contributed by atoms with E-state index in [2.05, 4.69) is 4.72 Å². The van der Waals surface area contributed by atoms with Crippen LogP contribution in [0.25, 0.3) is 0 Å². The zero-order valence-electron chi connectivity index (χ0n) is 10.8. The third kappa shape index (κ3) is 4.19. The van der Waals surface area contributed by atoms with Gasteiger partial charge in [0.05, 0.1) is 11.2 Å². The van der Waals surface area contributed by atoms with Crippen LogP contribution in [0.1, 0.15) is 18.4 Å². The highest BCUT2D eigenvalue weighted by Crippen LogP contribution is 2.27. The minimum Gasteiger partial charge on any atom is -0.481 e. The van der Waals surface area contributed by atoms with Crippen molar-refractivity contribution in [1.29, 1.82) is 0 Å². The van der Waals surface area contributed by atoms with Crippen LogP contribution in [-0.2, 0) is 21.2 Å². The van der Waals surface area contributed by atoms with Crippen molar-refractivity contribution in [3.63, 3.8) is 0 Å². The molecule has 1 atom stereocenters. The number of rotatable bonds is 7. The molecule has 1 aromatic rings. The first kappa shape index (κ1) is 15.3. The first-order valence-corrected chi connectivity index (χ1v) is 8.26. The Morgan fingerprint density at radius 1 is 1.35 bits per heavy atom. The van der Waals surface area contributed by atoms with Gasteiger partial charge >= 0.3 is 5.97 Å². The molecule has 1 aliphatic carbocycles. The maximum atomic E-state index is 11.7. The molecule has 0 spiro atoms. The van der Waals surface area contributed by atoms with Gasteiger partial charge in [0.2, 0.25) is 10.0 Å². The van der Waals surface area contributed by atoms with Gasteiger partial charge in [-0.25, -0.2) is 13.1 Å². The molecule has 0 saturated heterocycles. The molecule has 0 amide bonds. The highest BCUT2D eigenvalue weighted by molar-refractivity contribution is 7.90. The number of hydrogen-bond donors (Lipinski definition) is 2. The van der Waals surface area contributed by atoms with E-state index in [1.807, 2.05) is 0 Å². The first-order chi connectivity index (χ1) is 9.38. The standard InChI is InChI=1S/C13H16ClNO4S/c14-11-3-1-9(2-4-11)7-10(13(16)17)8-15-20(18,19)12-5-6-12/h1-4,10,12,15H,5-8H2,(H,16,17). The topological polar surface area (TPSA) is 83.5 Å². The Bertz CT molecular complexity index is 581. The van der Waals surface area contributed by atoms with E-state index in [9.17, 15) is 18.3 Å². The van der Waals surface area contributed by atoms with Gasteiger partial charge in [0.25, 0.3) is 0 Å². The molecular formula is C13H16ClNO4S. The minimum atomic E-state index is -3.35. The fourth-order valence-electron chi connectivity index (χ4n) is 1.86. The van der Waals surface area contributed by atoms with Crippen LogP contribution < -0.4 is 4.72 Å². The fraction of sp³-hybridized carbons (Fsp3) is 0.462. The molecule has 2 N–H and O–H groups in total. The van der Waals surface area contributed by atoms with Gasteiger partial charge in [-0.05, 0) is 37.0 Å². The van der Waals surface area contributed by atoms with Crippen molar-refractivity contribution in [2.24, 2.45) is 5.92 Å². The van der Waals surface area contributed by atoms with Crippen molar-refractivity contribution in [2.45, 2.75) is 24.5 Å². The van der Waals surface area contributed by atoms with Gasteiger partial charge in [0.1, 0.15) is 0 Å². The van der Waals surface area contributed by atoms with Gasteiger partial charge in [0.15, 0.2) is 0 Å². The third-order valence-corrected chi connectivity index (χ3v) is 5.41. The SMILES string of the molecule is O=C(O)C(CNS(=O)(=O)C1CC1)Cc1ccc(Cl)cc1. The molecule has 1 unspecified atom stereocenters. The zero-order chi connectivity index (χ0) is 14.8. The molecule has 1 aliphatic rings. The van der Waals surface area contributed by atoms with E-state index >= 15 is 0 Å². The summed E-state index contributed by atoms with van der Waals surface area (Å²) in [6.45, 7) is -0.0865. The summed E-state index contributed by atoms with van der Waals surface area (Å²) in [5.74, 6) is -1.80. The van der Waals surface area contributed by atoms with Crippen LogP contribution in [0, 0.1) is 5.92 Å². The summed E-state index contributed by atoms with van der Waals surface area (Å²) in [5, 5.41) is 9.42. The molecule has 0 bridgehead atoms. The van der Waals surface area contributed by atoms with Crippen LogP contribution in [0.5, 0.6) is 0 Å². The molecule has 0 heterocycles. The van der Waals surface area contributed by atoms with Crippen molar-refractivity contribution in [3.8, 4) is 0 Å². The highest BCUT2D eigenvalue weighted by atomic mass is 35.5. The Balaban J connectivity index is 1.96. The Hall–Kier alpha value is -1.11. The number of halogens is 1. The summed E-state index contributed by atoms with van der Waals surface area (Å²) >= 11 is 5.77. The van der Waals surface area contributed by atoms with Crippen LogP contribution in [0.2, 0.25) is 5.02 Å². The molecule has 0 aliphatic heterocycles. The fourth-order valence-corrected chi connectivity index (χ4v) is 3.42. The Morgan fingerprint density at radius 2 is 1.95 bits per heavy atom. The molecule has 20 heavy (non-hydrogen) atoms. The maximum Gasteiger partial charge on any atom is 0.308 e. The van der Waals surface area contributed by atoms with Crippen molar-refractivity contribution >= 4 is 27.6 Å². The van der Waals surface area contributed by atoms with E-state index in [1.54, 1.807) is 24.3 Å². The van der Waals surface area contributed by atoms with Gasteiger partial charge in [-0.1, -0.05) is 23.7 Å². The summed E-state index contributed by atoms with van der Waals surface area (Å²) in [5.41, 5.74) is 0.812. The number of hydrogen-bond acceptors (Lipinski definition) is 3. The monoisotopic (exact) mass is 317 g/mol. The third-order valence-electron chi connectivity index (χ3n) is 3.24. The average molecular weight is 318 g/mol. The zero-order valence-corrected chi connectivity index (χ0v) is 12.3. The Kier molecular flexibility index (Phi) is 4.67. The molecule has 7 heteroatoms. The largest absolute Gasteiger partial charge is 0.481 e. The molecule has 0 aromatic heterocycles. The lowest BCUT2D eigenvalue weighted by Gasteiger charge is -2.13. The number of carboxylic acids is 1. The molecule has 0 radical (unpaired) electrons. The average Bonchev–Trinajstić information content (AvgIpc) is 3.21. The lowest BCUT2D eigenvalue weighted by molar-refractivity contribution is -0.141. The number of carbonyl (C=O) groups is 1. The normalized spacial score (nSPS) is 16.9. The van der Waals surface area contributed by atoms with E-state index in [-0.39, 0.29) is 18.2 Å². The summed E-state index contributed by atoms with van der Waals surface area (Å²) in [6.07, 6.45) is 1.58. The minimum absolute atomic E-state index is 0.0865. The van der Waals surface area contributed by atoms with E-state index in [4.69, 9.17) is 11.6 Å². The second kappa shape index (κ2) is 6.11. The molecule has 1 saturated carbocycles. The van der Waals surface area contributed by atoms with Crippen LogP contribution in [0.3, 0.4) is 0 Å². The van der Waals surface area contributed by atoms with Gasteiger partial charge in [-0.3, -0.25) is 4.79 Å².